The number of anilines is 3. The number of nitrogens with zero attached hydrogens (tertiary/aromatic N) is 4. The van der Waals surface area contributed by atoms with Crippen molar-refractivity contribution in [3.8, 4) is 0 Å². The van der Waals surface area contributed by atoms with Gasteiger partial charge in [0.1, 0.15) is 6.33 Å². The number of hydrogen-bond donors (Lipinski definition) is 3. The van der Waals surface area contributed by atoms with Crippen LogP contribution in [0, 0.1) is 17.0 Å². The van der Waals surface area contributed by atoms with Crippen LogP contribution in [0.25, 0.3) is 10.2 Å². The molecule has 2 heterocycles. The molecule has 3 rings (SSSR count). The summed E-state index contributed by atoms with van der Waals surface area (Å²) in [6.07, 6.45) is 1.26. The standard InChI is InChI=1S/C16H19N7O2S/c1-9-5-6-10-11(7-9)26-15(19-10)20-13-12(23(24)25)14(18-8-17-13)21-22-16(2,3)4/h5-8,22H,1-4H3,(H2,17,18,19,20,21). The lowest BCUT2D eigenvalue weighted by Gasteiger charge is -2.21. The van der Waals surface area contributed by atoms with Crippen molar-refractivity contribution < 1.29 is 4.92 Å². The minimum absolute atomic E-state index is 0.0824. The van der Waals surface area contributed by atoms with Crippen LogP contribution in [0.2, 0.25) is 0 Å². The minimum Gasteiger partial charge on any atom is -0.310 e. The van der Waals surface area contributed by atoms with E-state index in [1.165, 1.54) is 17.7 Å². The molecule has 0 saturated heterocycles. The van der Waals surface area contributed by atoms with Crippen molar-refractivity contribution in [3.63, 3.8) is 0 Å². The second kappa shape index (κ2) is 6.81. The van der Waals surface area contributed by atoms with Gasteiger partial charge < -0.3 is 5.32 Å². The van der Waals surface area contributed by atoms with Crippen molar-refractivity contribution in [2.45, 2.75) is 33.2 Å². The molecular weight excluding hydrogens is 354 g/mol. The van der Waals surface area contributed by atoms with Gasteiger partial charge in [0.2, 0.25) is 11.6 Å². The summed E-state index contributed by atoms with van der Waals surface area (Å²) in [6, 6.07) is 5.91. The summed E-state index contributed by atoms with van der Waals surface area (Å²) < 4.78 is 0.997. The molecule has 0 aliphatic heterocycles. The first kappa shape index (κ1) is 18.0. The lowest BCUT2D eigenvalue weighted by Crippen LogP contribution is -2.40. The molecule has 3 aromatic rings. The first-order valence-electron chi connectivity index (χ1n) is 7.90. The predicted octanol–water partition coefficient (Wildman–Crippen LogP) is 3.76. The number of aromatic nitrogens is 3. The highest BCUT2D eigenvalue weighted by Gasteiger charge is 2.25. The maximum atomic E-state index is 11.6. The van der Waals surface area contributed by atoms with E-state index in [1.54, 1.807) is 0 Å². The van der Waals surface area contributed by atoms with Crippen molar-refractivity contribution in [2.75, 3.05) is 10.7 Å². The van der Waals surface area contributed by atoms with Gasteiger partial charge in [-0.1, -0.05) is 17.4 Å². The Morgan fingerprint density at radius 1 is 1.19 bits per heavy atom. The normalized spacial score (nSPS) is 11.5. The molecular formula is C16H19N7O2S. The Morgan fingerprint density at radius 2 is 1.92 bits per heavy atom. The van der Waals surface area contributed by atoms with Gasteiger partial charge in [-0.2, -0.15) is 0 Å². The van der Waals surface area contributed by atoms with Gasteiger partial charge in [-0.25, -0.2) is 20.4 Å². The van der Waals surface area contributed by atoms with Crippen LogP contribution in [0.4, 0.5) is 22.5 Å². The van der Waals surface area contributed by atoms with Crippen LogP contribution in [-0.4, -0.2) is 25.4 Å². The number of rotatable bonds is 5. The maximum Gasteiger partial charge on any atom is 0.354 e. The van der Waals surface area contributed by atoms with E-state index in [0.717, 1.165) is 15.8 Å². The second-order valence-corrected chi connectivity index (χ2v) is 7.82. The number of benzene rings is 1. The van der Waals surface area contributed by atoms with E-state index in [2.05, 4.69) is 31.1 Å². The summed E-state index contributed by atoms with van der Waals surface area (Å²) in [5.41, 5.74) is 7.17. The van der Waals surface area contributed by atoms with Crippen LogP contribution in [0.5, 0.6) is 0 Å². The molecule has 0 aliphatic carbocycles. The highest BCUT2D eigenvalue weighted by molar-refractivity contribution is 7.22. The van der Waals surface area contributed by atoms with Gasteiger partial charge in [0, 0.05) is 5.54 Å². The average molecular weight is 373 g/mol. The van der Waals surface area contributed by atoms with Gasteiger partial charge >= 0.3 is 5.69 Å². The van der Waals surface area contributed by atoms with E-state index in [0.29, 0.717) is 5.13 Å². The average Bonchev–Trinajstić information content (AvgIpc) is 2.93. The molecule has 0 atom stereocenters. The van der Waals surface area contributed by atoms with Crippen LogP contribution in [-0.2, 0) is 0 Å². The largest absolute Gasteiger partial charge is 0.354 e. The van der Waals surface area contributed by atoms with E-state index < -0.39 is 4.92 Å². The molecule has 0 unspecified atom stereocenters. The molecule has 0 fully saturated rings. The zero-order valence-electron chi connectivity index (χ0n) is 14.8. The smallest absolute Gasteiger partial charge is 0.310 e. The monoisotopic (exact) mass is 373 g/mol. The fourth-order valence-electron chi connectivity index (χ4n) is 2.17. The maximum absolute atomic E-state index is 11.6. The lowest BCUT2D eigenvalue weighted by atomic mass is 10.1. The Balaban J connectivity index is 1.94. The molecule has 3 N–H and O–H groups in total. The summed E-state index contributed by atoms with van der Waals surface area (Å²) in [7, 11) is 0. The molecule has 0 radical (unpaired) electrons. The van der Waals surface area contributed by atoms with Gasteiger partial charge in [-0.05, 0) is 45.4 Å². The van der Waals surface area contributed by atoms with Crippen LogP contribution in [0.3, 0.4) is 0 Å². The first-order valence-corrected chi connectivity index (χ1v) is 8.71. The number of nitrogens with one attached hydrogen (secondary N) is 3. The quantitative estimate of drug-likeness (QED) is 0.457. The molecule has 1 aromatic carbocycles. The highest BCUT2D eigenvalue weighted by Crippen LogP contribution is 2.34. The number of hydrogen-bond acceptors (Lipinski definition) is 9. The number of aryl methyl sites for hydroxylation is 1. The van der Waals surface area contributed by atoms with Crippen molar-refractivity contribution in [1.29, 1.82) is 0 Å². The van der Waals surface area contributed by atoms with Crippen LogP contribution < -0.4 is 16.2 Å². The van der Waals surface area contributed by atoms with Gasteiger partial charge in [0.05, 0.1) is 15.1 Å². The Hall–Kier alpha value is -2.85. The van der Waals surface area contributed by atoms with E-state index in [9.17, 15) is 10.1 Å². The zero-order chi connectivity index (χ0) is 18.9. The number of fused-ring (bicyclic) bond motifs is 1. The Labute approximate surface area is 154 Å². The molecule has 0 spiro atoms. The summed E-state index contributed by atoms with van der Waals surface area (Å²) in [5.74, 6) is 0.165. The molecule has 136 valence electrons. The lowest BCUT2D eigenvalue weighted by molar-refractivity contribution is -0.383. The fourth-order valence-corrected chi connectivity index (χ4v) is 3.13. The van der Waals surface area contributed by atoms with Crippen molar-refractivity contribution >= 4 is 44.0 Å². The van der Waals surface area contributed by atoms with Gasteiger partial charge in [-0.15, -0.1) is 0 Å². The zero-order valence-corrected chi connectivity index (χ0v) is 15.6. The summed E-state index contributed by atoms with van der Waals surface area (Å²) in [4.78, 5) is 23.5. The molecule has 0 bridgehead atoms. The molecule has 9 nitrogen and oxygen atoms in total. The molecule has 26 heavy (non-hydrogen) atoms. The van der Waals surface area contributed by atoms with Gasteiger partial charge in [0.25, 0.3) is 0 Å². The Bertz CT molecular complexity index is 965. The van der Waals surface area contributed by atoms with E-state index in [4.69, 9.17) is 0 Å². The third-order valence-electron chi connectivity index (χ3n) is 3.33. The van der Waals surface area contributed by atoms with Gasteiger partial charge in [-0.3, -0.25) is 15.5 Å². The van der Waals surface area contributed by atoms with E-state index in [-0.39, 0.29) is 22.9 Å². The van der Waals surface area contributed by atoms with E-state index >= 15 is 0 Å². The molecule has 0 saturated carbocycles. The molecule has 0 amide bonds. The number of thiazole rings is 1. The summed E-state index contributed by atoms with van der Waals surface area (Å²) in [5, 5.41) is 15.1. The van der Waals surface area contributed by atoms with Crippen molar-refractivity contribution in [3.05, 3.63) is 40.2 Å². The molecule has 2 aromatic heterocycles. The van der Waals surface area contributed by atoms with Crippen LogP contribution in [0.15, 0.2) is 24.5 Å². The predicted molar refractivity (Wildman–Crippen MR) is 103 cm³/mol. The third-order valence-corrected chi connectivity index (χ3v) is 4.26. The van der Waals surface area contributed by atoms with Crippen LogP contribution >= 0.6 is 11.3 Å². The SMILES string of the molecule is Cc1ccc2nc(Nc3ncnc(NNC(C)(C)C)c3[N+](=O)[O-])sc2c1. The van der Waals surface area contributed by atoms with Gasteiger partial charge in [0.15, 0.2) is 5.13 Å². The van der Waals surface area contributed by atoms with E-state index in [1.807, 2.05) is 45.9 Å². The first-order chi connectivity index (χ1) is 12.2. The highest BCUT2D eigenvalue weighted by atomic mass is 32.1. The topological polar surface area (TPSA) is 118 Å². The van der Waals surface area contributed by atoms with Crippen molar-refractivity contribution in [1.82, 2.24) is 20.4 Å². The van der Waals surface area contributed by atoms with Crippen LogP contribution in [0.1, 0.15) is 26.3 Å². The fraction of sp³-hybridized carbons (Fsp3) is 0.312. The minimum atomic E-state index is -0.521. The Morgan fingerprint density at radius 3 is 2.62 bits per heavy atom. The third kappa shape index (κ3) is 4.03. The Kier molecular flexibility index (Phi) is 4.70. The molecule has 0 aliphatic rings. The number of nitro groups is 1. The summed E-state index contributed by atoms with van der Waals surface area (Å²) >= 11 is 1.41. The summed E-state index contributed by atoms with van der Waals surface area (Å²) in [6.45, 7) is 7.78. The number of hydrazine groups is 1. The molecule has 10 heteroatoms. The second-order valence-electron chi connectivity index (χ2n) is 6.79. The van der Waals surface area contributed by atoms with Crippen molar-refractivity contribution in [2.24, 2.45) is 0 Å².